The summed E-state index contributed by atoms with van der Waals surface area (Å²) < 4.78 is 10.7. The molecule has 5 heteroatoms. The van der Waals surface area contributed by atoms with Gasteiger partial charge in [0.05, 0.1) is 12.2 Å². The van der Waals surface area contributed by atoms with Gasteiger partial charge in [-0.1, -0.05) is 12.1 Å². The Bertz CT molecular complexity index is 582. The van der Waals surface area contributed by atoms with Crippen LogP contribution in [0.4, 0.5) is 0 Å². The van der Waals surface area contributed by atoms with Crippen molar-refractivity contribution in [3.63, 3.8) is 0 Å². The van der Waals surface area contributed by atoms with Gasteiger partial charge in [0.25, 0.3) is 0 Å². The Kier molecular flexibility index (Phi) is 4.68. The van der Waals surface area contributed by atoms with E-state index >= 15 is 0 Å². The average molecular weight is 271 g/mol. The fraction of sp³-hybridized carbons (Fsp3) is 0.200. The molecule has 0 bridgehead atoms. The maximum atomic E-state index is 7.50. The van der Waals surface area contributed by atoms with Gasteiger partial charge in [-0.25, -0.2) is 4.98 Å². The summed E-state index contributed by atoms with van der Waals surface area (Å²) in [5.74, 6) is 0.932. The van der Waals surface area contributed by atoms with Crippen LogP contribution in [0.1, 0.15) is 11.1 Å². The van der Waals surface area contributed by atoms with E-state index in [1.807, 2.05) is 24.3 Å². The Hall–Kier alpha value is -2.40. The van der Waals surface area contributed by atoms with E-state index in [0.29, 0.717) is 23.8 Å². The Labute approximate surface area is 117 Å². The number of nitrogens with one attached hydrogen (secondary N) is 1. The highest BCUT2D eigenvalue weighted by Gasteiger charge is 2.08. The van der Waals surface area contributed by atoms with Crippen LogP contribution in [0.2, 0.25) is 0 Å². The first-order valence-corrected chi connectivity index (χ1v) is 6.26. The van der Waals surface area contributed by atoms with Crippen LogP contribution in [0.25, 0.3) is 0 Å². The molecule has 0 aliphatic rings. The van der Waals surface area contributed by atoms with Gasteiger partial charge in [-0.3, -0.25) is 5.41 Å². The first kappa shape index (κ1) is 14.0. The van der Waals surface area contributed by atoms with Gasteiger partial charge in [-0.05, 0) is 36.2 Å². The third-order valence-corrected chi connectivity index (χ3v) is 2.79. The SMILES string of the molecule is COCCc1ccc(Oc2ncccc2C(=N)N)cc1. The molecule has 0 saturated heterocycles. The molecule has 0 aliphatic carbocycles. The standard InChI is InChI=1S/C15H17N3O2/c1-19-10-8-11-4-6-12(7-5-11)20-15-13(14(16)17)3-2-9-18-15/h2-7,9H,8,10H2,1H3,(H3,16,17). The van der Waals surface area contributed by atoms with Crippen LogP contribution in [0, 0.1) is 5.41 Å². The van der Waals surface area contributed by atoms with E-state index in [2.05, 4.69) is 4.98 Å². The molecule has 0 radical (unpaired) electrons. The van der Waals surface area contributed by atoms with E-state index in [9.17, 15) is 0 Å². The van der Waals surface area contributed by atoms with E-state index in [0.717, 1.165) is 6.42 Å². The van der Waals surface area contributed by atoms with Crippen LogP contribution in [0.3, 0.4) is 0 Å². The number of amidine groups is 1. The lowest BCUT2D eigenvalue weighted by molar-refractivity contribution is 0.202. The lowest BCUT2D eigenvalue weighted by Gasteiger charge is -2.09. The monoisotopic (exact) mass is 271 g/mol. The quantitative estimate of drug-likeness (QED) is 0.624. The average Bonchev–Trinajstić information content (AvgIpc) is 2.47. The van der Waals surface area contributed by atoms with Crippen molar-refractivity contribution in [1.29, 1.82) is 5.41 Å². The topological polar surface area (TPSA) is 81.2 Å². The highest BCUT2D eigenvalue weighted by atomic mass is 16.5. The van der Waals surface area contributed by atoms with E-state index in [4.69, 9.17) is 20.6 Å². The summed E-state index contributed by atoms with van der Waals surface area (Å²) in [7, 11) is 1.68. The first-order valence-electron chi connectivity index (χ1n) is 6.26. The maximum Gasteiger partial charge on any atom is 0.230 e. The predicted molar refractivity (Wildman–Crippen MR) is 77.3 cm³/mol. The van der Waals surface area contributed by atoms with Gasteiger partial charge >= 0.3 is 0 Å². The van der Waals surface area contributed by atoms with Crippen LogP contribution >= 0.6 is 0 Å². The van der Waals surface area contributed by atoms with E-state index in [1.54, 1.807) is 25.4 Å². The van der Waals surface area contributed by atoms with Gasteiger partial charge in [0.15, 0.2) is 0 Å². The summed E-state index contributed by atoms with van der Waals surface area (Å²) in [4.78, 5) is 4.10. The van der Waals surface area contributed by atoms with Crippen molar-refractivity contribution in [2.45, 2.75) is 6.42 Å². The van der Waals surface area contributed by atoms with Crippen LogP contribution in [0.15, 0.2) is 42.6 Å². The minimum Gasteiger partial charge on any atom is -0.438 e. The lowest BCUT2D eigenvalue weighted by atomic mass is 10.1. The van der Waals surface area contributed by atoms with Crippen molar-refractivity contribution in [2.24, 2.45) is 5.73 Å². The van der Waals surface area contributed by atoms with Crippen LogP contribution < -0.4 is 10.5 Å². The molecule has 0 spiro atoms. The van der Waals surface area contributed by atoms with Crippen molar-refractivity contribution in [2.75, 3.05) is 13.7 Å². The zero-order chi connectivity index (χ0) is 14.4. The summed E-state index contributed by atoms with van der Waals surface area (Å²) in [5, 5.41) is 7.50. The van der Waals surface area contributed by atoms with Gasteiger partial charge in [-0.15, -0.1) is 0 Å². The van der Waals surface area contributed by atoms with Crippen molar-refractivity contribution in [3.05, 3.63) is 53.7 Å². The molecule has 1 aromatic carbocycles. The van der Waals surface area contributed by atoms with Crippen molar-refractivity contribution in [1.82, 2.24) is 4.98 Å². The highest BCUT2D eigenvalue weighted by Crippen LogP contribution is 2.22. The molecule has 0 unspecified atom stereocenters. The number of hydrogen-bond acceptors (Lipinski definition) is 4. The van der Waals surface area contributed by atoms with Crippen molar-refractivity contribution >= 4 is 5.84 Å². The molecule has 20 heavy (non-hydrogen) atoms. The van der Waals surface area contributed by atoms with E-state index < -0.39 is 0 Å². The van der Waals surface area contributed by atoms with Crippen molar-refractivity contribution < 1.29 is 9.47 Å². The van der Waals surface area contributed by atoms with Crippen LogP contribution in [-0.2, 0) is 11.2 Å². The van der Waals surface area contributed by atoms with Gasteiger partial charge < -0.3 is 15.2 Å². The summed E-state index contributed by atoms with van der Waals surface area (Å²) in [6.07, 6.45) is 2.47. The van der Waals surface area contributed by atoms with Crippen LogP contribution in [0.5, 0.6) is 11.6 Å². The summed E-state index contributed by atoms with van der Waals surface area (Å²) in [6.45, 7) is 0.689. The smallest absolute Gasteiger partial charge is 0.230 e. The number of benzene rings is 1. The van der Waals surface area contributed by atoms with E-state index in [-0.39, 0.29) is 5.84 Å². The molecule has 0 fully saturated rings. The van der Waals surface area contributed by atoms with Crippen LogP contribution in [-0.4, -0.2) is 24.5 Å². The second-order valence-corrected chi connectivity index (χ2v) is 4.26. The number of rotatable bonds is 6. The number of hydrogen-bond donors (Lipinski definition) is 2. The molecule has 0 atom stereocenters. The summed E-state index contributed by atoms with van der Waals surface area (Å²) in [5.41, 5.74) is 7.15. The summed E-state index contributed by atoms with van der Waals surface area (Å²) in [6, 6.07) is 11.1. The molecular formula is C15H17N3O2. The molecule has 1 aromatic heterocycles. The molecule has 2 rings (SSSR count). The van der Waals surface area contributed by atoms with E-state index in [1.165, 1.54) is 5.56 Å². The minimum absolute atomic E-state index is 0.0650. The zero-order valence-electron chi connectivity index (χ0n) is 11.3. The molecular weight excluding hydrogens is 254 g/mol. The minimum atomic E-state index is -0.0650. The van der Waals surface area contributed by atoms with Gasteiger partial charge in [0.1, 0.15) is 11.6 Å². The molecule has 1 heterocycles. The maximum absolute atomic E-state index is 7.50. The Morgan fingerprint density at radius 3 is 2.65 bits per heavy atom. The zero-order valence-corrected chi connectivity index (χ0v) is 11.3. The number of nitrogens with zero attached hydrogens (tertiary/aromatic N) is 1. The Morgan fingerprint density at radius 1 is 1.25 bits per heavy atom. The number of pyridine rings is 1. The molecule has 3 N–H and O–H groups in total. The fourth-order valence-electron chi connectivity index (χ4n) is 1.73. The summed E-state index contributed by atoms with van der Waals surface area (Å²) >= 11 is 0. The largest absolute Gasteiger partial charge is 0.438 e. The highest BCUT2D eigenvalue weighted by molar-refractivity contribution is 5.97. The molecule has 5 nitrogen and oxygen atoms in total. The third kappa shape index (κ3) is 3.55. The van der Waals surface area contributed by atoms with Gasteiger partial charge in [0.2, 0.25) is 5.88 Å². The lowest BCUT2D eigenvalue weighted by Crippen LogP contribution is -2.12. The fourth-order valence-corrected chi connectivity index (χ4v) is 1.73. The van der Waals surface area contributed by atoms with Gasteiger partial charge in [-0.2, -0.15) is 0 Å². The number of methoxy groups -OCH3 is 1. The number of nitrogen functional groups attached to an aromatic ring is 1. The second kappa shape index (κ2) is 6.68. The molecule has 0 amide bonds. The normalized spacial score (nSPS) is 10.2. The number of aromatic nitrogens is 1. The van der Waals surface area contributed by atoms with Crippen molar-refractivity contribution in [3.8, 4) is 11.6 Å². The predicted octanol–water partition coefficient (Wildman–Crippen LogP) is 2.35. The molecule has 0 aliphatic heterocycles. The first-order chi connectivity index (χ1) is 9.70. The molecule has 2 aromatic rings. The number of ether oxygens (including phenoxy) is 2. The van der Waals surface area contributed by atoms with Gasteiger partial charge in [0, 0.05) is 13.3 Å². The molecule has 0 saturated carbocycles. The second-order valence-electron chi connectivity index (χ2n) is 4.26. The molecule has 104 valence electrons. The Morgan fingerprint density at radius 2 is 2.00 bits per heavy atom. The number of nitrogens with two attached hydrogens (primary N) is 1. The third-order valence-electron chi connectivity index (χ3n) is 2.79. The Balaban J connectivity index is 2.12.